The number of aliphatic carboxylic acids is 1. The summed E-state index contributed by atoms with van der Waals surface area (Å²) in [6, 6.07) is 0.258. The van der Waals surface area contributed by atoms with Gasteiger partial charge in [-0.2, -0.15) is 0 Å². The molecule has 0 fully saturated rings. The molecule has 0 aliphatic heterocycles. The Morgan fingerprint density at radius 2 is 1.80 bits per heavy atom. The van der Waals surface area contributed by atoms with Crippen molar-refractivity contribution in [3.05, 3.63) is 0 Å². The highest BCUT2D eigenvalue weighted by molar-refractivity contribution is 5.75. The van der Waals surface area contributed by atoms with Gasteiger partial charge in [-0.1, -0.05) is 0 Å². The largest absolute Gasteiger partial charge is 0.481 e. The molecule has 0 bridgehead atoms. The normalized spacial score (nSPS) is 10.7. The fraction of sp³-hybridized carbons (Fsp3) is 0.800. The van der Waals surface area contributed by atoms with Crippen molar-refractivity contribution in [2.45, 2.75) is 32.7 Å². The SMILES string of the molecule is CNC(=O)CCN(CCC(=O)O)C(C)C. The Balaban J connectivity index is 3.93. The van der Waals surface area contributed by atoms with Crippen LogP contribution in [-0.4, -0.2) is 48.1 Å². The number of carboxylic acid groups (broad SMARTS) is 1. The molecule has 0 rings (SSSR count). The van der Waals surface area contributed by atoms with Crippen molar-refractivity contribution in [1.82, 2.24) is 10.2 Å². The van der Waals surface area contributed by atoms with Crippen molar-refractivity contribution in [3.8, 4) is 0 Å². The van der Waals surface area contributed by atoms with Crippen LogP contribution in [0.4, 0.5) is 0 Å². The van der Waals surface area contributed by atoms with Crippen LogP contribution >= 0.6 is 0 Å². The second kappa shape index (κ2) is 7.23. The number of carbonyl (C=O) groups excluding carboxylic acids is 1. The molecule has 0 saturated heterocycles. The first-order chi connectivity index (χ1) is 6.97. The van der Waals surface area contributed by atoms with Crippen LogP contribution in [0.15, 0.2) is 0 Å². The Hall–Kier alpha value is -1.10. The maximum Gasteiger partial charge on any atom is 0.304 e. The highest BCUT2D eigenvalue weighted by Gasteiger charge is 2.12. The van der Waals surface area contributed by atoms with E-state index in [-0.39, 0.29) is 18.4 Å². The zero-order valence-electron chi connectivity index (χ0n) is 9.62. The van der Waals surface area contributed by atoms with Crippen molar-refractivity contribution >= 4 is 11.9 Å². The van der Waals surface area contributed by atoms with Gasteiger partial charge in [0.15, 0.2) is 0 Å². The van der Waals surface area contributed by atoms with E-state index in [0.717, 1.165) is 0 Å². The first-order valence-electron chi connectivity index (χ1n) is 5.13. The summed E-state index contributed by atoms with van der Waals surface area (Å²) in [5.41, 5.74) is 0. The minimum absolute atomic E-state index is 0.0176. The Morgan fingerprint density at radius 3 is 2.20 bits per heavy atom. The number of carbonyl (C=O) groups is 2. The van der Waals surface area contributed by atoms with Gasteiger partial charge in [-0.15, -0.1) is 0 Å². The molecule has 0 aliphatic rings. The van der Waals surface area contributed by atoms with Crippen LogP contribution in [0.25, 0.3) is 0 Å². The molecule has 2 N–H and O–H groups in total. The second-order valence-electron chi connectivity index (χ2n) is 3.70. The maximum atomic E-state index is 11.0. The number of amides is 1. The minimum Gasteiger partial charge on any atom is -0.481 e. The van der Waals surface area contributed by atoms with E-state index in [1.807, 2.05) is 18.7 Å². The fourth-order valence-corrected chi connectivity index (χ4v) is 1.24. The van der Waals surface area contributed by atoms with Crippen molar-refractivity contribution < 1.29 is 14.7 Å². The average Bonchev–Trinajstić information content (AvgIpc) is 2.16. The summed E-state index contributed by atoms with van der Waals surface area (Å²) in [5.74, 6) is -0.823. The van der Waals surface area contributed by atoms with Crippen LogP contribution < -0.4 is 5.32 Å². The molecule has 0 aromatic heterocycles. The van der Waals surface area contributed by atoms with Crippen LogP contribution in [0, 0.1) is 0 Å². The summed E-state index contributed by atoms with van der Waals surface area (Å²) in [7, 11) is 1.60. The Bertz CT molecular complexity index is 217. The van der Waals surface area contributed by atoms with Crippen LogP contribution in [0.5, 0.6) is 0 Å². The molecule has 0 heterocycles. The predicted octanol–water partition coefficient (Wildman–Crippen LogP) is 0.308. The molecule has 0 atom stereocenters. The molecule has 0 unspecified atom stereocenters. The van der Waals surface area contributed by atoms with Crippen molar-refractivity contribution in [2.24, 2.45) is 0 Å². The first-order valence-corrected chi connectivity index (χ1v) is 5.13. The van der Waals surface area contributed by atoms with Gasteiger partial charge in [0.2, 0.25) is 5.91 Å². The summed E-state index contributed by atoms with van der Waals surface area (Å²) < 4.78 is 0. The van der Waals surface area contributed by atoms with Gasteiger partial charge in [-0.25, -0.2) is 0 Å². The summed E-state index contributed by atoms with van der Waals surface area (Å²) in [6.45, 7) is 5.08. The summed E-state index contributed by atoms with van der Waals surface area (Å²) >= 11 is 0. The number of nitrogens with zero attached hydrogens (tertiary/aromatic N) is 1. The summed E-state index contributed by atoms with van der Waals surface area (Å²) in [4.78, 5) is 23.4. The third kappa shape index (κ3) is 6.90. The van der Waals surface area contributed by atoms with Gasteiger partial charge < -0.3 is 10.4 Å². The van der Waals surface area contributed by atoms with Crippen molar-refractivity contribution in [3.63, 3.8) is 0 Å². The van der Waals surface area contributed by atoms with Gasteiger partial charge in [0, 0.05) is 32.6 Å². The van der Waals surface area contributed by atoms with E-state index in [2.05, 4.69) is 5.32 Å². The quantitative estimate of drug-likeness (QED) is 0.642. The molecule has 1 amide bonds. The van der Waals surface area contributed by atoms with E-state index in [1.54, 1.807) is 7.05 Å². The highest BCUT2D eigenvalue weighted by Crippen LogP contribution is 2.01. The minimum atomic E-state index is -0.805. The first kappa shape index (κ1) is 13.9. The number of hydrogen-bond acceptors (Lipinski definition) is 3. The standard InChI is InChI=1S/C10H20N2O3/c1-8(2)12(7-5-10(14)15)6-4-9(13)11-3/h8H,4-7H2,1-3H3,(H,11,13)(H,14,15). The second-order valence-corrected chi connectivity index (χ2v) is 3.70. The van der Waals surface area contributed by atoms with Gasteiger partial charge in [0.25, 0.3) is 0 Å². The van der Waals surface area contributed by atoms with Gasteiger partial charge in [0.1, 0.15) is 0 Å². The van der Waals surface area contributed by atoms with Gasteiger partial charge in [-0.3, -0.25) is 14.5 Å². The molecule has 5 nitrogen and oxygen atoms in total. The Morgan fingerprint density at radius 1 is 1.27 bits per heavy atom. The molecule has 0 aliphatic carbocycles. The molecule has 0 spiro atoms. The van der Waals surface area contributed by atoms with Crippen LogP contribution in [0.2, 0.25) is 0 Å². The highest BCUT2D eigenvalue weighted by atomic mass is 16.4. The third-order valence-electron chi connectivity index (χ3n) is 2.25. The van der Waals surface area contributed by atoms with Crippen LogP contribution in [0.3, 0.4) is 0 Å². The molecule has 88 valence electrons. The molecule has 0 aromatic carbocycles. The Labute approximate surface area is 90.5 Å². The van der Waals surface area contributed by atoms with E-state index in [0.29, 0.717) is 19.5 Å². The lowest BCUT2D eigenvalue weighted by molar-refractivity contribution is -0.137. The molecule has 0 radical (unpaired) electrons. The van der Waals surface area contributed by atoms with Crippen LogP contribution in [0.1, 0.15) is 26.7 Å². The monoisotopic (exact) mass is 216 g/mol. The summed E-state index contributed by atoms with van der Waals surface area (Å²) in [6.07, 6.45) is 0.528. The van der Waals surface area contributed by atoms with Gasteiger partial charge in [0.05, 0.1) is 6.42 Å². The average molecular weight is 216 g/mol. The third-order valence-corrected chi connectivity index (χ3v) is 2.25. The number of hydrogen-bond donors (Lipinski definition) is 2. The summed E-state index contributed by atoms with van der Waals surface area (Å²) in [5, 5.41) is 11.1. The number of rotatable bonds is 7. The van der Waals surface area contributed by atoms with E-state index < -0.39 is 5.97 Å². The zero-order chi connectivity index (χ0) is 11.8. The predicted molar refractivity (Wildman–Crippen MR) is 57.6 cm³/mol. The molecule has 15 heavy (non-hydrogen) atoms. The van der Waals surface area contributed by atoms with Crippen molar-refractivity contribution in [2.75, 3.05) is 20.1 Å². The van der Waals surface area contributed by atoms with E-state index in [9.17, 15) is 9.59 Å². The number of nitrogens with one attached hydrogen (secondary N) is 1. The lowest BCUT2D eigenvalue weighted by Gasteiger charge is -2.25. The smallest absolute Gasteiger partial charge is 0.304 e. The van der Waals surface area contributed by atoms with E-state index in [4.69, 9.17) is 5.11 Å². The van der Waals surface area contributed by atoms with Crippen LogP contribution in [-0.2, 0) is 9.59 Å². The Kier molecular flexibility index (Phi) is 6.70. The molecule has 0 saturated carbocycles. The maximum absolute atomic E-state index is 11.0. The molecular weight excluding hydrogens is 196 g/mol. The molecular formula is C10H20N2O3. The number of carboxylic acids is 1. The van der Waals surface area contributed by atoms with E-state index >= 15 is 0 Å². The van der Waals surface area contributed by atoms with Gasteiger partial charge >= 0.3 is 5.97 Å². The van der Waals surface area contributed by atoms with E-state index in [1.165, 1.54) is 0 Å². The zero-order valence-corrected chi connectivity index (χ0v) is 9.62. The fourth-order valence-electron chi connectivity index (χ4n) is 1.24. The lowest BCUT2D eigenvalue weighted by atomic mass is 10.2. The molecule has 0 aromatic rings. The van der Waals surface area contributed by atoms with Crippen molar-refractivity contribution in [1.29, 1.82) is 0 Å². The van der Waals surface area contributed by atoms with Gasteiger partial charge in [-0.05, 0) is 13.8 Å². The lowest BCUT2D eigenvalue weighted by Crippen LogP contribution is -2.36. The topological polar surface area (TPSA) is 69.6 Å². The molecule has 5 heteroatoms.